The molecule has 2 aromatic carbocycles. The number of carboxylic acid groups (broad SMARTS) is 1. The van der Waals surface area contributed by atoms with Gasteiger partial charge in [-0.25, -0.2) is 14.2 Å². The molecule has 8 heteroatoms. The van der Waals surface area contributed by atoms with Gasteiger partial charge < -0.3 is 14.9 Å². The van der Waals surface area contributed by atoms with Gasteiger partial charge in [-0.3, -0.25) is 4.79 Å². The van der Waals surface area contributed by atoms with E-state index in [9.17, 15) is 14.0 Å². The molecular weight excluding hydrogens is 377 g/mol. The van der Waals surface area contributed by atoms with Gasteiger partial charge in [-0.1, -0.05) is 5.16 Å². The average Bonchev–Trinajstić information content (AvgIpc) is 3.09. The molecule has 0 fully saturated rings. The molecule has 0 aliphatic rings. The zero-order valence-corrected chi connectivity index (χ0v) is 15.1. The number of aryl methyl sites for hydroxylation is 1. The van der Waals surface area contributed by atoms with Crippen molar-refractivity contribution in [3.05, 3.63) is 77.2 Å². The summed E-state index contributed by atoms with van der Waals surface area (Å²) in [5.41, 5.74) is 2.57. The Labute approximate surface area is 163 Å². The molecule has 0 unspecified atom stereocenters. The van der Waals surface area contributed by atoms with Gasteiger partial charge in [0.2, 0.25) is 0 Å². The van der Waals surface area contributed by atoms with Gasteiger partial charge in [0, 0.05) is 11.3 Å². The lowest BCUT2D eigenvalue weighted by atomic mass is 10.0. The van der Waals surface area contributed by atoms with Crippen molar-refractivity contribution in [3.63, 3.8) is 0 Å². The van der Waals surface area contributed by atoms with Crippen LogP contribution >= 0.6 is 0 Å². The standard InChI is InChI=1S/C21H14FN3O4/c1-11-18-16(19(26)23-15-8-4-13(5-9-15)21(27)28)10-17(24-20(18)29-25-11)12-2-6-14(22)7-3-12/h2-10H,1H3,(H,23,26)(H,27,28). The van der Waals surface area contributed by atoms with E-state index >= 15 is 0 Å². The van der Waals surface area contributed by atoms with E-state index in [1.165, 1.54) is 36.4 Å². The molecule has 144 valence electrons. The van der Waals surface area contributed by atoms with Crippen LogP contribution in [0.2, 0.25) is 0 Å². The highest BCUT2D eigenvalue weighted by Gasteiger charge is 2.19. The Kier molecular flexibility index (Phi) is 4.52. The number of hydrogen-bond donors (Lipinski definition) is 2. The van der Waals surface area contributed by atoms with Crippen molar-refractivity contribution < 1.29 is 23.6 Å². The minimum Gasteiger partial charge on any atom is -0.478 e. The maximum absolute atomic E-state index is 13.2. The van der Waals surface area contributed by atoms with E-state index in [0.717, 1.165) is 0 Å². The molecule has 0 saturated carbocycles. The van der Waals surface area contributed by atoms with Gasteiger partial charge in [-0.15, -0.1) is 0 Å². The quantitative estimate of drug-likeness (QED) is 0.538. The van der Waals surface area contributed by atoms with Crippen molar-refractivity contribution >= 4 is 28.7 Å². The fourth-order valence-corrected chi connectivity index (χ4v) is 2.94. The van der Waals surface area contributed by atoms with E-state index in [2.05, 4.69) is 15.5 Å². The second kappa shape index (κ2) is 7.16. The maximum Gasteiger partial charge on any atom is 0.335 e. The highest BCUT2D eigenvalue weighted by atomic mass is 19.1. The first-order valence-corrected chi connectivity index (χ1v) is 8.60. The predicted molar refractivity (Wildman–Crippen MR) is 103 cm³/mol. The Morgan fingerprint density at radius 1 is 1.07 bits per heavy atom. The SMILES string of the molecule is Cc1noc2nc(-c3ccc(F)cc3)cc(C(=O)Nc3ccc(C(=O)O)cc3)c12. The molecule has 4 rings (SSSR count). The highest BCUT2D eigenvalue weighted by Crippen LogP contribution is 2.28. The Morgan fingerprint density at radius 2 is 1.76 bits per heavy atom. The molecule has 4 aromatic rings. The third-order valence-electron chi connectivity index (χ3n) is 4.39. The first-order chi connectivity index (χ1) is 13.9. The minimum absolute atomic E-state index is 0.114. The average molecular weight is 391 g/mol. The maximum atomic E-state index is 13.2. The normalized spacial score (nSPS) is 10.8. The van der Waals surface area contributed by atoms with E-state index in [1.807, 2.05) is 0 Å². The lowest BCUT2D eigenvalue weighted by Gasteiger charge is -2.09. The number of rotatable bonds is 4. The number of nitrogens with one attached hydrogen (secondary N) is 1. The van der Waals surface area contributed by atoms with Crippen molar-refractivity contribution in [1.29, 1.82) is 0 Å². The van der Waals surface area contributed by atoms with Crippen LogP contribution in [0.25, 0.3) is 22.4 Å². The van der Waals surface area contributed by atoms with Gasteiger partial charge in [0.15, 0.2) is 0 Å². The number of carboxylic acids is 1. The molecule has 0 spiro atoms. The zero-order valence-electron chi connectivity index (χ0n) is 15.1. The number of benzene rings is 2. The molecule has 2 heterocycles. The molecule has 0 atom stereocenters. The summed E-state index contributed by atoms with van der Waals surface area (Å²) in [6.45, 7) is 1.70. The van der Waals surface area contributed by atoms with E-state index < -0.39 is 11.9 Å². The molecule has 1 amide bonds. The lowest BCUT2D eigenvalue weighted by molar-refractivity contribution is 0.0696. The number of halogens is 1. The molecule has 0 radical (unpaired) electrons. The topological polar surface area (TPSA) is 105 Å². The van der Waals surface area contributed by atoms with Crippen LogP contribution in [0.4, 0.5) is 10.1 Å². The smallest absolute Gasteiger partial charge is 0.335 e. The van der Waals surface area contributed by atoms with Crippen LogP contribution in [-0.4, -0.2) is 27.1 Å². The van der Waals surface area contributed by atoms with Crippen molar-refractivity contribution in [1.82, 2.24) is 10.1 Å². The Morgan fingerprint density at radius 3 is 2.41 bits per heavy atom. The summed E-state index contributed by atoms with van der Waals surface area (Å²) in [5.74, 6) is -1.87. The lowest BCUT2D eigenvalue weighted by Crippen LogP contribution is -2.13. The van der Waals surface area contributed by atoms with Crippen molar-refractivity contribution in [3.8, 4) is 11.3 Å². The monoisotopic (exact) mass is 391 g/mol. The van der Waals surface area contributed by atoms with Gasteiger partial charge >= 0.3 is 5.97 Å². The summed E-state index contributed by atoms with van der Waals surface area (Å²) < 4.78 is 18.5. The van der Waals surface area contributed by atoms with Crippen LogP contribution in [-0.2, 0) is 0 Å². The Hall–Kier alpha value is -4.07. The van der Waals surface area contributed by atoms with Gasteiger partial charge in [0.25, 0.3) is 11.6 Å². The molecule has 0 saturated heterocycles. The van der Waals surface area contributed by atoms with Crippen LogP contribution < -0.4 is 5.32 Å². The number of nitrogens with zero attached hydrogens (tertiary/aromatic N) is 2. The molecule has 7 nitrogen and oxygen atoms in total. The van der Waals surface area contributed by atoms with Crippen LogP contribution in [0.15, 0.2) is 59.1 Å². The van der Waals surface area contributed by atoms with Gasteiger partial charge in [0.1, 0.15) is 5.82 Å². The summed E-state index contributed by atoms with van der Waals surface area (Å²) in [7, 11) is 0. The number of carbonyl (C=O) groups is 2. The van der Waals surface area contributed by atoms with Gasteiger partial charge in [0.05, 0.1) is 27.9 Å². The minimum atomic E-state index is -1.05. The summed E-state index contributed by atoms with van der Waals surface area (Å²) in [6.07, 6.45) is 0. The van der Waals surface area contributed by atoms with E-state index in [4.69, 9.17) is 9.63 Å². The van der Waals surface area contributed by atoms with Gasteiger partial charge in [-0.2, -0.15) is 0 Å². The van der Waals surface area contributed by atoms with E-state index in [-0.39, 0.29) is 22.7 Å². The fourth-order valence-electron chi connectivity index (χ4n) is 2.94. The summed E-state index contributed by atoms with van der Waals surface area (Å²) in [4.78, 5) is 28.3. The Bertz CT molecular complexity index is 1230. The highest BCUT2D eigenvalue weighted by molar-refractivity contribution is 6.13. The first kappa shape index (κ1) is 18.3. The summed E-state index contributed by atoms with van der Waals surface area (Å²) in [5, 5.41) is 16.1. The van der Waals surface area contributed by atoms with Crippen molar-refractivity contribution in [2.75, 3.05) is 5.32 Å². The van der Waals surface area contributed by atoms with Crippen LogP contribution in [0.5, 0.6) is 0 Å². The number of pyridine rings is 1. The van der Waals surface area contributed by atoms with Crippen molar-refractivity contribution in [2.45, 2.75) is 6.92 Å². The number of hydrogen-bond acceptors (Lipinski definition) is 5. The molecular formula is C21H14FN3O4. The number of amides is 1. The van der Waals surface area contributed by atoms with Crippen molar-refractivity contribution in [2.24, 2.45) is 0 Å². The number of anilines is 1. The first-order valence-electron chi connectivity index (χ1n) is 8.60. The van der Waals surface area contributed by atoms with Gasteiger partial charge in [-0.05, 0) is 61.5 Å². The molecule has 0 aliphatic carbocycles. The summed E-state index contributed by atoms with van der Waals surface area (Å²) in [6, 6.07) is 13.1. The van der Waals surface area contributed by atoms with Crippen LogP contribution in [0, 0.1) is 12.7 Å². The second-order valence-corrected chi connectivity index (χ2v) is 6.35. The largest absolute Gasteiger partial charge is 0.478 e. The molecule has 29 heavy (non-hydrogen) atoms. The molecule has 2 aromatic heterocycles. The molecule has 0 aliphatic heterocycles. The van der Waals surface area contributed by atoms with Crippen LogP contribution in [0.1, 0.15) is 26.4 Å². The number of fused-ring (bicyclic) bond motifs is 1. The second-order valence-electron chi connectivity index (χ2n) is 6.35. The zero-order chi connectivity index (χ0) is 20.5. The fraction of sp³-hybridized carbons (Fsp3) is 0.0476. The predicted octanol–water partition coefficient (Wildman–Crippen LogP) is 4.29. The molecule has 2 N–H and O–H groups in total. The molecule has 0 bridgehead atoms. The third kappa shape index (κ3) is 3.55. The summed E-state index contributed by atoms with van der Waals surface area (Å²) >= 11 is 0. The van der Waals surface area contributed by atoms with E-state index in [0.29, 0.717) is 28.0 Å². The van der Waals surface area contributed by atoms with Crippen LogP contribution in [0.3, 0.4) is 0 Å². The number of aromatic carboxylic acids is 1. The van der Waals surface area contributed by atoms with E-state index in [1.54, 1.807) is 25.1 Å². The number of aromatic nitrogens is 2. The number of carbonyl (C=O) groups excluding carboxylic acids is 1. The third-order valence-corrected chi connectivity index (χ3v) is 4.39. The Balaban J connectivity index is 1.74.